The van der Waals surface area contributed by atoms with Crippen LogP contribution in [0.25, 0.3) is 0 Å². The maximum Gasteiger partial charge on any atom is 0.254 e. The van der Waals surface area contributed by atoms with E-state index in [1.54, 1.807) is 11.2 Å². The molecule has 0 aliphatic carbocycles. The Bertz CT molecular complexity index is 841. The molecule has 134 valence electrons. The van der Waals surface area contributed by atoms with Gasteiger partial charge in [0.1, 0.15) is 5.76 Å². The van der Waals surface area contributed by atoms with Crippen molar-refractivity contribution in [2.75, 3.05) is 19.0 Å². The predicted molar refractivity (Wildman–Crippen MR) is 107 cm³/mol. The molecule has 0 N–H and O–H groups in total. The van der Waals surface area contributed by atoms with Crippen molar-refractivity contribution in [3.05, 3.63) is 88.3 Å². The topological polar surface area (TPSA) is 36.7 Å². The first-order valence-electron chi connectivity index (χ1n) is 8.36. The summed E-state index contributed by atoms with van der Waals surface area (Å²) in [5, 5.41) is 0. The molecule has 0 fully saturated rings. The standard InChI is InChI=1S/C21H21BrN2O2/c1-23(2)19-11-5-16(6-12-19)14-24(15-20-4-3-13-26-20)21(25)17-7-9-18(22)10-8-17/h3-13H,14-15H2,1-2H3. The number of anilines is 1. The number of rotatable bonds is 6. The molecule has 3 rings (SSSR count). The lowest BCUT2D eigenvalue weighted by Gasteiger charge is -2.22. The molecule has 26 heavy (non-hydrogen) atoms. The second-order valence-electron chi connectivity index (χ2n) is 6.31. The number of amides is 1. The first-order chi connectivity index (χ1) is 12.5. The molecule has 0 radical (unpaired) electrons. The van der Waals surface area contributed by atoms with Crippen molar-refractivity contribution in [2.24, 2.45) is 0 Å². The van der Waals surface area contributed by atoms with Gasteiger partial charge < -0.3 is 14.2 Å². The van der Waals surface area contributed by atoms with Gasteiger partial charge in [0.05, 0.1) is 12.8 Å². The Kier molecular flexibility index (Phi) is 5.78. The molecule has 0 unspecified atom stereocenters. The van der Waals surface area contributed by atoms with Gasteiger partial charge in [-0.15, -0.1) is 0 Å². The summed E-state index contributed by atoms with van der Waals surface area (Å²) in [6.45, 7) is 0.945. The maximum atomic E-state index is 13.0. The number of benzene rings is 2. The van der Waals surface area contributed by atoms with E-state index in [2.05, 4.69) is 45.1 Å². The largest absolute Gasteiger partial charge is 0.467 e. The van der Waals surface area contributed by atoms with Gasteiger partial charge in [-0.05, 0) is 54.1 Å². The van der Waals surface area contributed by atoms with E-state index in [0.29, 0.717) is 18.7 Å². The number of furan rings is 1. The third-order valence-electron chi connectivity index (χ3n) is 4.13. The highest BCUT2D eigenvalue weighted by Gasteiger charge is 2.18. The quantitative estimate of drug-likeness (QED) is 0.574. The molecule has 0 spiro atoms. The molecule has 1 heterocycles. The van der Waals surface area contributed by atoms with Crippen LogP contribution in [0, 0.1) is 0 Å². The molecule has 4 nitrogen and oxygen atoms in total. The molecule has 0 aliphatic rings. The van der Waals surface area contributed by atoms with Crippen molar-refractivity contribution in [2.45, 2.75) is 13.1 Å². The van der Waals surface area contributed by atoms with Crippen LogP contribution < -0.4 is 4.90 Å². The van der Waals surface area contributed by atoms with Crippen molar-refractivity contribution in [3.63, 3.8) is 0 Å². The van der Waals surface area contributed by atoms with Crippen LogP contribution in [0.15, 0.2) is 75.8 Å². The van der Waals surface area contributed by atoms with Gasteiger partial charge in [-0.3, -0.25) is 4.79 Å². The van der Waals surface area contributed by atoms with Crippen LogP contribution in [-0.4, -0.2) is 24.9 Å². The van der Waals surface area contributed by atoms with Gasteiger partial charge in [-0.1, -0.05) is 28.1 Å². The first kappa shape index (κ1) is 18.3. The molecule has 1 aromatic heterocycles. The lowest BCUT2D eigenvalue weighted by molar-refractivity contribution is 0.0717. The SMILES string of the molecule is CN(C)c1ccc(CN(Cc2ccco2)C(=O)c2ccc(Br)cc2)cc1. The number of hydrogen-bond donors (Lipinski definition) is 0. The summed E-state index contributed by atoms with van der Waals surface area (Å²) in [6, 6.07) is 19.4. The van der Waals surface area contributed by atoms with Gasteiger partial charge in [0.2, 0.25) is 0 Å². The molecule has 2 aromatic carbocycles. The number of carbonyl (C=O) groups excluding carboxylic acids is 1. The van der Waals surface area contributed by atoms with E-state index in [0.717, 1.165) is 21.5 Å². The van der Waals surface area contributed by atoms with Gasteiger partial charge >= 0.3 is 0 Å². The highest BCUT2D eigenvalue weighted by molar-refractivity contribution is 9.10. The predicted octanol–water partition coefficient (Wildman–Crippen LogP) is 4.95. The molecule has 5 heteroatoms. The summed E-state index contributed by atoms with van der Waals surface area (Å²) in [7, 11) is 4.02. The van der Waals surface area contributed by atoms with E-state index < -0.39 is 0 Å². The highest BCUT2D eigenvalue weighted by atomic mass is 79.9. The van der Waals surface area contributed by atoms with E-state index >= 15 is 0 Å². The highest BCUT2D eigenvalue weighted by Crippen LogP contribution is 2.18. The molecular formula is C21H21BrN2O2. The van der Waals surface area contributed by atoms with Crippen molar-refractivity contribution < 1.29 is 9.21 Å². The minimum absolute atomic E-state index is 0.0226. The minimum Gasteiger partial charge on any atom is -0.467 e. The Hall–Kier alpha value is -2.53. The monoisotopic (exact) mass is 412 g/mol. The van der Waals surface area contributed by atoms with Crippen LogP contribution in [0.2, 0.25) is 0 Å². The Morgan fingerprint density at radius 2 is 1.65 bits per heavy atom. The Morgan fingerprint density at radius 3 is 2.23 bits per heavy atom. The van der Waals surface area contributed by atoms with Crippen molar-refractivity contribution in [1.29, 1.82) is 0 Å². The molecule has 1 amide bonds. The Morgan fingerprint density at radius 1 is 0.962 bits per heavy atom. The third-order valence-corrected chi connectivity index (χ3v) is 4.66. The summed E-state index contributed by atoms with van der Waals surface area (Å²) < 4.78 is 6.40. The number of carbonyl (C=O) groups is 1. The van der Waals surface area contributed by atoms with E-state index in [4.69, 9.17) is 4.42 Å². The van der Waals surface area contributed by atoms with Crippen molar-refractivity contribution >= 4 is 27.5 Å². The molecule has 3 aromatic rings. The fourth-order valence-corrected chi connectivity index (χ4v) is 2.95. The summed E-state index contributed by atoms with van der Waals surface area (Å²) >= 11 is 3.41. The minimum atomic E-state index is -0.0226. The van der Waals surface area contributed by atoms with Gasteiger partial charge in [0, 0.05) is 36.4 Å². The summed E-state index contributed by atoms with van der Waals surface area (Å²) in [4.78, 5) is 16.9. The second-order valence-corrected chi connectivity index (χ2v) is 7.22. The molecule has 0 saturated heterocycles. The van der Waals surface area contributed by atoms with E-state index in [1.807, 2.05) is 50.5 Å². The van der Waals surface area contributed by atoms with Gasteiger partial charge in [-0.25, -0.2) is 0 Å². The second kappa shape index (κ2) is 8.23. The Balaban J connectivity index is 1.82. The van der Waals surface area contributed by atoms with Crippen molar-refractivity contribution in [3.8, 4) is 0 Å². The lowest BCUT2D eigenvalue weighted by atomic mass is 10.1. The molecule has 0 saturated carbocycles. The fourth-order valence-electron chi connectivity index (χ4n) is 2.69. The zero-order valence-corrected chi connectivity index (χ0v) is 16.4. The number of halogens is 1. The van der Waals surface area contributed by atoms with Crippen LogP contribution in [0.4, 0.5) is 5.69 Å². The van der Waals surface area contributed by atoms with Crippen LogP contribution in [0.3, 0.4) is 0 Å². The van der Waals surface area contributed by atoms with Crippen LogP contribution in [0.5, 0.6) is 0 Å². The summed E-state index contributed by atoms with van der Waals surface area (Å²) in [5.41, 5.74) is 2.86. The van der Waals surface area contributed by atoms with Gasteiger partial charge in [-0.2, -0.15) is 0 Å². The molecule has 0 atom stereocenters. The molecule has 0 aliphatic heterocycles. The van der Waals surface area contributed by atoms with Crippen LogP contribution >= 0.6 is 15.9 Å². The lowest BCUT2D eigenvalue weighted by Crippen LogP contribution is -2.30. The van der Waals surface area contributed by atoms with Crippen molar-refractivity contribution in [1.82, 2.24) is 4.90 Å². The van der Waals surface area contributed by atoms with Crippen LogP contribution in [-0.2, 0) is 13.1 Å². The summed E-state index contributed by atoms with van der Waals surface area (Å²) in [6.07, 6.45) is 1.63. The van der Waals surface area contributed by atoms with E-state index in [-0.39, 0.29) is 5.91 Å². The van der Waals surface area contributed by atoms with E-state index in [9.17, 15) is 4.79 Å². The maximum absolute atomic E-state index is 13.0. The summed E-state index contributed by atoms with van der Waals surface area (Å²) in [5.74, 6) is 0.742. The number of nitrogens with zero attached hydrogens (tertiary/aromatic N) is 2. The number of hydrogen-bond acceptors (Lipinski definition) is 3. The van der Waals surface area contributed by atoms with E-state index in [1.165, 1.54) is 0 Å². The molecular weight excluding hydrogens is 392 g/mol. The molecule has 0 bridgehead atoms. The zero-order valence-electron chi connectivity index (χ0n) is 14.9. The average molecular weight is 413 g/mol. The first-order valence-corrected chi connectivity index (χ1v) is 9.16. The average Bonchev–Trinajstić information content (AvgIpc) is 3.15. The Labute approximate surface area is 162 Å². The fraction of sp³-hybridized carbons (Fsp3) is 0.190. The third kappa shape index (κ3) is 4.55. The zero-order chi connectivity index (χ0) is 18.5. The van der Waals surface area contributed by atoms with Crippen LogP contribution in [0.1, 0.15) is 21.7 Å². The van der Waals surface area contributed by atoms with Gasteiger partial charge in [0.25, 0.3) is 5.91 Å². The normalized spacial score (nSPS) is 10.6. The smallest absolute Gasteiger partial charge is 0.254 e. The van der Waals surface area contributed by atoms with Gasteiger partial charge in [0.15, 0.2) is 0 Å².